The molecule has 2 amide bonds. The van der Waals surface area contributed by atoms with E-state index in [0.29, 0.717) is 21.5 Å². The van der Waals surface area contributed by atoms with Crippen molar-refractivity contribution in [2.45, 2.75) is 26.1 Å². The van der Waals surface area contributed by atoms with E-state index < -0.39 is 12.2 Å². The molecule has 0 aliphatic carbocycles. The normalized spacial score (nSPS) is 12.6. The third kappa shape index (κ3) is 7.29. The van der Waals surface area contributed by atoms with Crippen molar-refractivity contribution in [3.05, 3.63) is 58.6 Å². The molecule has 0 saturated carbocycles. The van der Waals surface area contributed by atoms with Gasteiger partial charge in [-0.05, 0) is 62.4 Å². The number of amides is 2. The average Bonchev–Trinajstić information content (AvgIpc) is 2.68. The number of ether oxygens (including phenoxy) is 2. The van der Waals surface area contributed by atoms with Crippen molar-refractivity contribution in [1.29, 1.82) is 0 Å². The van der Waals surface area contributed by atoms with E-state index in [-0.39, 0.29) is 24.9 Å². The van der Waals surface area contributed by atoms with Gasteiger partial charge in [-0.15, -0.1) is 0 Å². The second-order valence-electron chi connectivity index (χ2n) is 6.01. The van der Waals surface area contributed by atoms with E-state index in [9.17, 15) is 9.59 Å². The maximum Gasteiger partial charge on any atom is 0.260 e. The summed E-state index contributed by atoms with van der Waals surface area (Å²) < 4.78 is 11.1. The molecular weight excluding hydrogens is 403 g/mol. The molecule has 2 aromatic rings. The molecular formula is C20H22Cl2N2O4. The predicted octanol–water partition coefficient (Wildman–Crippen LogP) is 3.46. The molecule has 0 spiro atoms. The van der Waals surface area contributed by atoms with Crippen LogP contribution < -0.4 is 20.1 Å². The fourth-order valence-electron chi connectivity index (χ4n) is 2.20. The lowest BCUT2D eigenvalue weighted by Crippen LogP contribution is -2.43. The summed E-state index contributed by atoms with van der Waals surface area (Å²) in [5, 5.41) is 6.59. The predicted molar refractivity (Wildman–Crippen MR) is 109 cm³/mol. The Hall–Kier alpha value is -2.44. The zero-order chi connectivity index (χ0) is 20.5. The van der Waals surface area contributed by atoms with Crippen molar-refractivity contribution in [3.8, 4) is 11.5 Å². The summed E-state index contributed by atoms with van der Waals surface area (Å²) in [6.07, 6.45) is -1.35. The molecule has 0 heterocycles. The van der Waals surface area contributed by atoms with Gasteiger partial charge in [0, 0.05) is 23.1 Å². The zero-order valence-corrected chi connectivity index (χ0v) is 17.1. The van der Waals surface area contributed by atoms with Gasteiger partial charge >= 0.3 is 0 Å². The lowest BCUT2D eigenvalue weighted by atomic mass is 10.3. The van der Waals surface area contributed by atoms with Crippen LogP contribution in [0.15, 0.2) is 48.5 Å². The van der Waals surface area contributed by atoms with Gasteiger partial charge in [0.2, 0.25) is 0 Å². The van der Waals surface area contributed by atoms with Crippen molar-refractivity contribution >= 4 is 35.0 Å². The molecule has 2 N–H and O–H groups in total. The molecule has 28 heavy (non-hydrogen) atoms. The first kappa shape index (κ1) is 21.9. The van der Waals surface area contributed by atoms with Gasteiger partial charge in [0.15, 0.2) is 12.2 Å². The molecule has 2 rings (SSSR count). The minimum absolute atomic E-state index is 0.270. The van der Waals surface area contributed by atoms with Crippen LogP contribution >= 0.6 is 23.2 Å². The summed E-state index contributed by atoms with van der Waals surface area (Å²) >= 11 is 11.6. The van der Waals surface area contributed by atoms with Crippen molar-refractivity contribution in [2.75, 3.05) is 13.1 Å². The molecule has 2 atom stereocenters. The van der Waals surface area contributed by atoms with E-state index in [4.69, 9.17) is 32.7 Å². The van der Waals surface area contributed by atoms with Crippen LogP contribution in [0.5, 0.6) is 11.5 Å². The number of benzene rings is 2. The zero-order valence-electron chi connectivity index (χ0n) is 15.6. The molecule has 8 heteroatoms. The van der Waals surface area contributed by atoms with Gasteiger partial charge in [-0.2, -0.15) is 0 Å². The fourth-order valence-corrected chi connectivity index (χ4v) is 2.45. The molecule has 0 fully saturated rings. The second-order valence-corrected chi connectivity index (χ2v) is 6.88. The molecule has 2 aromatic carbocycles. The highest BCUT2D eigenvalue weighted by molar-refractivity contribution is 6.30. The maximum absolute atomic E-state index is 12.1. The topological polar surface area (TPSA) is 76.7 Å². The smallest absolute Gasteiger partial charge is 0.260 e. The third-order valence-corrected chi connectivity index (χ3v) is 4.22. The lowest BCUT2D eigenvalue weighted by Gasteiger charge is -2.16. The van der Waals surface area contributed by atoms with Gasteiger partial charge < -0.3 is 20.1 Å². The Morgan fingerprint density at radius 2 is 1.07 bits per heavy atom. The molecule has 0 saturated heterocycles. The average molecular weight is 425 g/mol. The highest BCUT2D eigenvalue weighted by Gasteiger charge is 2.16. The first-order valence-electron chi connectivity index (χ1n) is 8.75. The number of rotatable bonds is 9. The molecule has 2 unspecified atom stereocenters. The monoisotopic (exact) mass is 424 g/mol. The van der Waals surface area contributed by atoms with Gasteiger partial charge in [0.25, 0.3) is 11.8 Å². The Bertz CT molecular complexity index is 714. The molecule has 0 aromatic heterocycles. The van der Waals surface area contributed by atoms with Gasteiger partial charge in [-0.1, -0.05) is 23.2 Å². The van der Waals surface area contributed by atoms with Crippen LogP contribution in [0.1, 0.15) is 13.8 Å². The molecule has 6 nitrogen and oxygen atoms in total. The van der Waals surface area contributed by atoms with Gasteiger partial charge in [0.05, 0.1) is 0 Å². The highest BCUT2D eigenvalue weighted by Crippen LogP contribution is 2.17. The van der Waals surface area contributed by atoms with E-state index in [0.717, 1.165) is 0 Å². The van der Waals surface area contributed by atoms with E-state index >= 15 is 0 Å². The Kier molecular flexibility index (Phi) is 8.42. The summed E-state index contributed by atoms with van der Waals surface area (Å²) in [4.78, 5) is 24.1. The quantitative estimate of drug-likeness (QED) is 0.604. The molecule has 0 aliphatic rings. The number of carbonyl (C=O) groups is 2. The largest absolute Gasteiger partial charge is 0.481 e. The Labute approximate surface area is 174 Å². The molecule has 150 valence electrons. The van der Waals surface area contributed by atoms with E-state index in [1.54, 1.807) is 62.4 Å². The second kappa shape index (κ2) is 10.8. The van der Waals surface area contributed by atoms with Crippen LogP contribution in [-0.2, 0) is 9.59 Å². The van der Waals surface area contributed by atoms with E-state index in [1.807, 2.05) is 0 Å². The lowest BCUT2D eigenvalue weighted by molar-refractivity contribution is -0.129. The van der Waals surface area contributed by atoms with Gasteiger partial charge in [-0.25, -0.2) is 0 Å². The van der Waals surface area contributed by atoms with Crippen LogP contribution in [-0.4, -0.2) is 37.1 Å². The van der Waals surface area contributed by atoms with Crippen molar-refractivity contribution in [1.82, 2.24) is 10.6 Å². The molecule has 0 aliphatic heterocycles. The van der Waals surface area contributed by atoms with Crippen LogP contribution in [0.3, 0.4) is 0 Å². The SMILES string of the molecule is CC(Oc1ccc(Cl)cc1)C(=O)NCCNC(=O)C(C)Oc1ccc(Cl)cc1. The van der Waals surface area contributed by atoms with E-state index in [2.05, 4.69) is 10.6 Å². The number of hydrogen-bond donors (Lipinski definition) is 2. The van der Waals surface area contributed by atoms with Crippen molar-refractivity contribution in [3.63, 3.8) is 0 Å². The molecule has 0 radical (unpaired) electrons. The van der Waals surface area contributed by atoms with Crippen molar-refractivity contribution < 1.29 is 19.1 Å². The number of hydrogen-bond acceptors (Lipinski definition) is 4. The van der Waals surface area contributed by atoms with E-state index in [1.165, 1.54) is 0 Å². The van der Waals surface area contributed by atoms with Crippen LogP contribution in [0.2, 0.25) is 10.0 Å². The number of halogens is 2. The summed E-state index contributed by atoms with van der Waals surface area (Å²) in [7, 11) is 0. The summed E-state index contributed by atoms with van der Waals surface area (Å²) in [6.45, 7) is 3.83. The summed E-state index contributed by atoms with van der Waals surface area (Å²) in [5.41, 5.74) is 0. The van der Waals surface area contributed by atoms with Gasteiger partial charge in [-0.3, -0.25) is 9.59 Å². The van der Waals surface area contributed by atoms with Gasteiger partial charge in [0.1, 0.15) is 11.5 Å². The van der Waals surface area contributed by atoms with Crippen LogP contribution in [0.4, 0.5) is 0 Å². The Morgan fingerprint density at radius 3 is 1.39 bits per heavy atom. The van der Waals surface area contributed by atoms with Crippen LogP contribution in [0.25, 0.3) is 0 Å². The first-order chi connectivity index (χ1) is 13.3. The minimum Gasteiger partial charge on any atom is -0.481 e. The summed E-state index contributed by atoms with van der Waals surface area (Å²) in [6, 6.07) is 13.5. The summed E-state index contributed by atoms with van der Waals surface area (Å²) in [5.74, 6) is 0.534. The Morgan fingerprint density at radius 1 is 0.750 bits per heavy atom. The molecule has 0 bridgehead atoms. The van der Waals surface area contributed by atoms with Crippen LogP contribution in [0, 0.1) is 0 Å². The minimum atomic E-state index is -0.677. The number of carbonyl (C=O) groups excluding carboxylic acids is 2. The van der Waals surface area contributed by atoms with Crippen molar-refractivity contribution in [2.24, 2.45) is 0 Å². The number of nitrogens with one attached hydrogen (secondary N) is 2. The standard InChI is InChI=1S/C20H22Cl2N2O4/c1-13(27-17-7-3-15(21)4-8-17)19(25)23-11-12-24-20(26)14(2)28-18-9-5-16(22)6-10-18/h3-10,13-14H,11-12H2,1-2H3,(H,23,25)(H,24,26). The maximum atomic E-state index is 12.1. The Balaban J connectivity index is 1.66. The fraction of sp³-hybridized carbons (Fsp3) is 0.300. The highest BCUT2D eigenvalue weighted by atomic mass is 35.5. The first-order valence-corrected chi connectivity index (χ1v) is 9.50. The third-order valence-electron chi connectivity index (χ3n) is 3.71.